The van der Waals surface area contributed by atoms with Gasteiger partial charge in [0.25, 0.3) is 0 Å². The predicted octanol–water partition coefficient (Wildman–Crippen LogP) is -0.0478. The molecule has 1 amide bonds. The number of rotatable bonds is 5. The van der Waals surface area contributed by atoms with Gasteiger partial charge in [-0.15, -0.1) is 0 Å². The van der Waals surface area contributed by atoms with Gasteiger partial charge in [0, 0.05) is 19.4 Å². The van der Waals surface area contributed by atoms with Crippen LogP contribution in [0.4, 0.5) is 19.1 Å². The Balaban J connectivity index is 2.40. The predicted molar refractivity (Wildman–Crippen MR) is 60.4 cm³/mol. The normalized spacial score (nSPS) is 12.9. The van der Waals surface area contributed by atoms with E-state index in [-0.39, 0.29) is 12.5 Å². The Kier molecular flexibility index (Phi) is 5.04. The van der Waals surface area contributed by atoms with Crippen molar-refractivity contribution in [2.45, 2.75) is 12.3 Å². The molecule has 1 atom stereocenters. The van der Waals surface area contributed by atoms with Gasteiger partial charge < -0.3 is 15.3 Å². The van der Waals surface area contributed by atoms with E-state index in [1.165, 1.54) is 24.3 Å². The number of nitrogens with one attached hydrogen (secondary N) is 1. The van der Waals surface area contributed by atoms with Gasteiger partial charge in [-0.25, -0.2) is 9.97 Å². The number of amides is 1. The molecule has 0 radical (unpaired) electrons. The van der Waals surface area contributed by atoms with E-state index in [0.717, 1.165) is 0 Å². The van der Waals surface area contributed by atoms with E-state index in [9.17, 15) is 18.0 Å². The Bertz CT molecular complexity index is 413. The summed E-state index contributed by atoms with van der Waals surface area (Å²) in [4.78, 5) is 20.5. The molecular weight excluding hydrogens is 265 g/mol. The second-order valence-electron chi connectivity index (χ2n) is 3.77. The minimum Gasteiger partial charge on any atom is -0.382 e. The number of carbonyl (C=O) groups excluding carboxylic acids is 1. The molecule has 0 aliphatic carbocycles. The van der Waals surface area contributed by atoms with Gasteiger partial charge in [0.1, 0.15) is 0 Å². The highest BCUT2D eigenvalue weighted by atomic mass is 19.4. The van der Waals surface area contributed by atoms with Gasteiger partial charge in [-0.1, -0.05) is 0 Å². The number of aliphatic hydroxyl groups is 1. The van der Waals surface area contributed by atoms with E-state index in [1.807, 2.05) is 5.32 Å². The van der Waals surface area contributed by atoms with Crippen molar-refractivity contribution < 1.29 is 23.1 Å². The van der Waals surface area contributed by atoms with Crippen molar-refractivity contribution in [2.75, 3.05) is 25.0 Å². The van der Waals surface area contributed by atoms with Crippen molar-refractivity contribution >= 4 is 11.9 Å². The van der Waals surface area contributed by atoms with E-state index in [2.05, 4.69) is 9.97 Å². The molecule has 0 bridgehead atoms. The average Bonchev–Trinajstić information content (AvgIpc) is 2.35. The van der Waals surface area contributed by atoms with Crippen LogP contribution in [0, 0.1) is 0 Å². The number of aromatic nitrogens is 2. The van der Waals surface area contributed by atoms with Crippen LogP contribution in [0.3, 0.4) is 0 Å². The van der Waals surface area contributed by atoms with Crippen molar-refractivity contribution in [1.29, 1.82) is 0 Å². The van der Waals surface area contributed by atoms with Crippen molar-refractivity contribution in [3.63, 3.8) is 0 Å². The highest BCUT2D eigenvalue weighted by Crippen LogP contribution is 2.19. The lowest BCUT2D eigenvalue weighted by Crippen LogP contribution is -2.44. The Morgan fingerprint density at radius 1 is 1.47 bits per heavy atom. The van der Waals surface area contributed by atoms with Crippen LogP contribution < -0.4 is 10.2 Å². The van der Waals surface area contributed by atoms with Gasteiger partial charge >= 0.3 is 6.18 Å². The molecule has 1 unspecified atom stereocenters. The second-order valence-corrected chi connectivity index (χ2v) is 3.77. The van der Waals surface area contributed by atoms with E-state index in [0.29, 0.717) is 0 Å². The van der Waals surface area contributed by atoms with Crippen LogP contribution in [-0.2, 0) is 4.79 Å². The zero-order valence-corrected chi connectivity index (χ0v) is 10.1. The fourth-order valence-corrected chi connectivity index (χ4v) is 1.16. The molecule has 0 saturated carbocycles. The summed E-state index contributed by atoms with van der Waals surface area (Å²) in [6.07, 6.45) is -4.37. The first-order valence-electron chi connectivity index (χ1n) is 5.30. The third-order valence-electron chi connectivity index (χ3n) is 2.14. The van der Waals surface area contributed by atoms with Crippen LogP contribution in [-0.4, -0.2) is 53.4 Å². The quantitative estimate of drug-likeness (QED) is 0.789. The van der Waals surface area contributed by atoms with Crippen molar-refractivity contribution in [3.8, 4) is 0 Å². The van der Waals surface area contributed by atoms with Crippen molar-refractivity contribution in [2.24, 2.45) is 0 Å². The first-order valence-corrected chi connectivity index (χ1v) is 5.30. The molecule has 0 fully saturated rings. The molecule has 2 N–H and O–H groups in total. The van der Waals surface area contributed by atoms with Crippen LogP contribution in [0.25, 0.3) is 0 Å². The zero-order valence-electron chi connectivity index (χ0n) is 10.1. The lowest BCUT2D eigenvalue weighted by Gasteiger charge is -2.18. The summed E-state index contributed by atoms with van der Waals surface area (Å²) in [7, 11) is 1.52. The summed E-state index contributed by atoms with van der Waals surface area (Å²) < 4.78 is 36.0. The summed E-state index contributed by atoms with van der Waals surface area (Å²) in [5.74, 6) is -0.396. The minimum atomic E-state index is -4.75. The number of carbonyl (C=O) groups is 1. The van der Waals surface area contributed by atoms with E-state index < -0.39 is 24.7 Å². The number of hydrogen-bond donors (Lipinski definition) is 2. The fourth-order valence-electron chi connectivity index (χ4n) is 1.16. The van der Waals surface area contributed by atoms with E-state index in [1.54, 1.807) is 6.07 Å². The summed E-state index contributed by atoms with van der Waals surface area (Å²) in [6, 6.07) is 1.59. The van der Waals surface area contributed by atoms with Gasteiger partial charge in [0.05, 0.1) is 13.1 Å². The molecule has 9 heteroatoms. The molecular formula is C10H13F3N4O2. The lowest BCUT2D eigenvalue weighted by molar-refractivity contribution is -0.201. The first kappa shape index (κ1) is 15.2. The molecule has 0 aliphatic rings. The SMILES string of the molecule is CN(CC(=O)NCC(O)C(F)(F)F)c1ncccn1. The number of aliphatic hydroxyl groups excluding tert-OH is 1. The van der Waals surface area contributed by atoms with Crippen molar-refractivity contribution in [1.82, 2.24) is 15.3 Å². The summed E-state index contributed by atoms with van der Waals surface area (Å²) >= 11 is 0. The molecule has 0 aliphatic heterocycles. The number of hydrogen-bond acceptors (Lipinski definition) is 5. The Morgan fingerprint density at radius 2 is 2.05 bits per heavy atom. The largest absolute Gasteiger partial charge is 0.416 e. The topological polar surface area (TPSA) is 78.4 Å². The fraction of sp³-hybridized carbons (Fsp3) is 0.500. The van der Waals surface area contributed by atoms with Crippen LogP contribution >= 0.6 is 0 Å². The Morgan fingerprint density at radius 3 is 2.58 bits per heavy atom. The number of nitrogens with zero attached hydrogens (tertiary/aromatic N) is 3. The summed E-state index contributed by atoms with van der Waals surface area (Å²) in [5, 5.41) is 10.7. The van der Waals surface area contributed by atoms with E-state index in [4.69, 9.17) is 5.11 Å². The highest BCUT2D eigenvalue weighted by Gasteiger charge is 2.38. The molecule has 6 nitrogen and oxygen atoms in total. The smallest absolute Gasteiger partial charge is 0.382 e. The minimum absolute atomic E-state index is 0.214. The molecule has 1 heterocycles. The van der Waals surface area contributed by atoms with Crippen LogP contribution in [0.1, 0.15) is 0 Å². The second kappa shape index (κ2) is 6.32. The van der Waals surface area contributed by atoms with Crippen LogP contribution in [0.2, 0.25) is 0 Å². The highest BCUT2D eigenvalue weighted by molar-refractivity contribution is 5.80. The zero-order chi connectivity index (χ0) is 14.5. The molecule has 0 saturated heterocycles. The molecule has 1 rings (SSSR count). The number of anilines is 1. The Labute approximate surface area is 107 Å². The third-order valence-corrected chi connectivity index (χ3v) is 2.14. The number of alkyl halides is 3. The van der Waals surface area contributed by atoms with Gasteiger partial charge in [-0.2, -0.15) is 13.2 Å². The third kappa shape index (κ3) is 5.08. The van der Waals surface area contributed by atoms with Crippen LogP contribution in [0.5, 0.6) is 0 Å². The lowest BCUT2D eigenvalue weighted by atomic mass is 10.3. The number of likely N-dealkylation sites (N-methyl/N-ethyl adjacent to an activating group) is 1. The summed E-state index contributed by atoms with van der Waals surface area (Å²) in [5.41, 5.74) is 0. The maximum Gasteiger partial charge on any atom is 0.416 e. The van der Waals surface area contributed by atoms with Gasteiger partial charge in [-0.3, -0.25) is 4.79 Å². The molecule has 0 aromatic carbocycles. The molecule has 106 valence electrons. The monoisotopic (exact) mass is 278 g/mol. The van der Waals surface area contributed by atoms with Gasteiger partial charge in [0.2, 0.25) is 11.9 Å². The standard InChI is InChI=1S/C10H13F3N4O2/c1-17(9-14-3-2-4-15-9)6-8(19)16-5-7(18)10(11,12)13/h2-4,7,18H,5-6H2,1H3,(H,16,19). The van der Waals surface area contributed by atoms with E-state index >= 15 is 0 Å². The molecule has 1 aromatic rings. The maximum absolute atomic E-state index is 12.0. The van der Waals surface area contributed by atoms with Gasteiger partial charge in [0.15, 0.2) is 6.10 Å². The molecule has 0 spiro atoms. The maximum atomic E-state index is 12.0. The number of halogens is 3. The average molecular weight is 278 g/mol. The van der Waals surface area contributed by atoms with Crippen molar-refractivity contribution in [3.05, 3.63) is 18.5 Å². The molecule has 1 aromatic heterocycles. The Hall–Kier alpha value is -1.90. The molecule has 19 heavy (non-hydrogen) atoms. The first-order chi connectivity index (χ1) is 8.80. The van der Waals surface area contributed by atoms with Gasteiger partial charge in [-0.05, 0) is 6.07 Å². The summed E-state index contributed by atoms with van der Waals surface area (Å²) in [6.45, 7) is -1.10. The van der Waals surface area contributed by atoms with Crippen LogP contribution in [0.15, 0.2) is 18.5 Å².